The zero-order valence-corrected chi connectivity index (χ0v) is 12.4. The van der Waals surface area contributed by atoms with Crippen molar-refractivity contribution in [2.75, 3.05) is 0 Å². The van der Waals surface area contributed by atoms with E-state index in [1.807, 2.05) is 0 Å². The molecule has 0 unspecified atom stereocenters. The molecule has 2 aromatic carbocycles. The smallest absolute Gasteiger partial charge is 0.270 e. The van der Waals surface area contributed by atoms with Crippen LogP contribution in [0.5, 0.6) is 11.5 Å². The molecule has 0 radical (unpaired) electrons. The predicted octanol–water partition coefficient (Wildman–Crippen LogP) is 5.05. The van der Waals surface area contributed by atoms with Gasteiger partial charge in [-0.1, -0.05) is 0 Å². The van der Waals surface area contributed by atoms with Gasteiger partial charge in [0.05, 0.1) is 13.9 Å². The molecule has 2 rings (SSSR count). The maximum absolute atomic E-state index is 13.3. The number of benzene rings is 2. The lowest BCUT2D eigenvalue weighted by Crippen LogP contribution is -1.90. The molecule has 7 heteroatoms. The second-order valence-corrected chi connectivity index (χ2v) is 5.26. The Bertz CT molecular complexity index is 649. The SMILES string of the molecule is O=[N+]([O-])c1ccc(Oc2ccc(Br)c(F)c2)c(Br)c1. The Labute approximate surface area is 124 Å². The molecule has 0 bridgehead atoms. The summed E-state index contributed by atoms with van der Waals surface area (Å²) >= 11 is 6.21. The number of ether oxygens (including phenoxy) is 1. The van der Waals surface area contributed by atoms with Crippen LogP contribution >= 0.6 is 31.9 Å². The monoisotopic (exact) mass is 389 g/mol. The molecule has 0 atom stereocenters. The molecule has 0 saturated heterocycles. The highest BCUT2D eigenvalue weighted by atomic mass is 79.9. The second-order valence-electron chi connectivity index (χ2n) is 3.55. The first-order valence-electron chi connectivity index (χ1n) is 5.04. The highest BCUT2D eigenvalue weighted by Gasteiger charge is 2.11. The van der Waals surface area contributed by atoms with Crippen molar-refractivity contribution in [3.63, 3.8) is 0 Å². The number of hydrogen-bond acceptors (Lipinski definition) is 3. The fraction of sp³-hybridized carbons (Fsp3) is 0. The standard InChI is InChI=1S/C12H6Br2FNO3/c13-9-3-2-8(6-11(9)15)19-12-4-1-7(16(17)18)5-10(12)14/h1-6H. The molecule has 0 aliphatic heterocycles. The van der Waals surface area contributed by atoms with Gasteiger partial charge in [0.1, 0.15) is 17.3 Å². The van der Waals surface area contributed by atoms with Gasteiger partial charge in [-0.3, -0.25) is 10.1 Å². The van der Waals surface area contributed by atoms with E-state index in [-0.39, 0.29) is 5.69 Å². The summed E-state index contributed by atoms with van der Waals surface area (Å²) < 4.78 is 19.5. The van der Waals surface area contributed by atoms with E-state index in [0.29, 0.717) is 20.4 Å². The number of nitro benzene ring substituents is 1. The molecule has 0 heterocycles. The summed E-state index contributed by atoms with van der Waals surface area (Å²) in [6.07, 6.45) is 0. The predicted molar refractivity (Wildman–Crippen MR) is 75.0 cm³/mol. The molecular weight excluding hydrogens is 385 g/mol. The van der Waals surface area contributed by atoms with Gasteiger partial charge >= 0.3 is 0 Å². The van der Waals surface area contributed by atoms with Gasteiger partial charge < -0.3 is 4.74 Å². The lowest BCUT2D eigenvalue weighted by molar-refractivity contribution is -0.384. The molecule has 0 amide bonds. The Morgan fingerprint density at radius 3 is 2.42 bits per heavy atom. The minimum Gasteiger partial charge on any atom is -0.456 e. The summed E-state index contributed by atoms with van der Waals surface area (Å²) in [6, 6.07) is 8.41. The van der Waals surface area contributed by atoms with Crippen LogP contribution in [0.15, 0.2) is 45.3 Å². The van der Waals surface area contributed by atoms with E-state index >= 15 is 0 Å². The lowest BCUT2D eigenvalue weighted by Gasteiger charge is -2.08. The van der Waals surface area contributed by atoms with Gasteiger partial charge in [0.15, 0.2) is 0 Å². The van der Waals surface area contributed by atoms with Gasteiger partial charge in [0.2, 0.25) is 0 Å². The Kier molecular flexibility index (Phi) is 4.16. The van der Waals surface area contributed by atoms with Crippen molar-refractivity contribution >= 4 is 37.5 Å². The quantitative estimate of drug-likeness (QED) is 0.544. The van der Waals surface area contributed by atoms with Crippen LogP contribution in [0.25, 0.3) is 0 Å². The van der Waals surface area contributed by atoms with Crippen LogP contribution in [0.2, 0.25) is 0 Å². The highest BCUT2D eigenvalue weighted by Crippen LogP contribution is 2.33. The van der Waals surface area contributed by atoms with E-state index < -0.39 is 10.7 Å². The number of hydrogen-bond donors (Lipinski definition) is 0. The molecule has 0 N–H and O–H groups in total. The zero-order valence-electron chi connectivity index (χ0n) is 9.27. The molecule has 0 saturated carbocycles. The number of nitrogens with zero attached hydrogens (tertiary/aromatic N) is 1. The van der Waals surface area contributed by atoms with Crippen molar-refractivity contribution in [1.29, 1.82) is 0 Å². The number of rotatable bonds is 3. The molecule has 0 aliphatic carbocycles. The first-order valence-corrected chi connectivity index (χ1v) is 6.63. The molecule has 2 aromatic rings. The minimum atomic E-state index is -0.506. The van der Waals surface area contributed by atoms with Crippen LogP contribution in [0.1, 0.15) is 0 Å². The minimum absolute atomic E-state index is 0.0544. The average Bonchev–Trinajstić information content (AvgIpc) is 2.36. The van der Waals surface area contributed by atoms with E-state index in [1.165, 1.54) is 30.3 Å². The Morgan fingerprint density at radius 2 is 1.84 bits per heavy atom. The van der Waals surface area contributed by atoms with Gasteiger partial charge in [-0.15, -0.1) is 0 Å². The van der Waals surface area contributed by atoms with Gasteiger partial charge in [-0.05, 0) is 50.1 Å². The largest absolute Gasteiger partial charge is 0.456 e. The highest BCUT2D eigenvalue weighted by molar-refractivity contribution is 9.10. The molecule has 0 fully saturated rings. The molecule has 19 heavy (non-hydrogen) atoms. The van der Waals surface area contributed by atoms with E-state index in [0.717, 1.165) is 0 Å². The third kappa shape index (κ3) is 3.30. The van der Waals surface area contributed by atoms with E-state index in [9.17, 15) is 14.5 Å². The van der Waals surface area contributed by atoms with E-state index in [4.69, 9.17) is 4.74 Å². The van der Waals surface area contributed by atoms with Crippen molar-refractivity contribution in [1.82, 2.24) is 0 Å². The molecule has 98 valence electrons. The summed E-state index contributed by atoms with van der Waals surface area (Å²) in [5, 5.41) is 10.6. The van der Waals surface area contributed by atoms with Gasteiger partial charge in [-0.25, -0.2) is 4.39 Å². The Balaban J connectivity index is 2.28. The van der Waals surface area contributed by atoms with E-state index in [1.54, 1.807) is 6.07 Å². The van der Waals surface area contributed by atoms with Crippen molar-refractivity contribution in [2.24, 2.45) is 0 Å². The fourth-order valence-electron chi connectivity index (χ4n) is 1.35. The van der Waals surface area contributed by atoms with Crippen molar-refractivity contribution < 1.29 is 14.1 Å². The Morgan fingerprint density at radius 1 is 1.11 bits per heavy atom. The maximum Gasteiger partial charge on any atom is 0.270 e. The third-order valence-corrected chi connectivity index (χ3v) is 3.51. The van der Waals surface area contributed by atoms with Crippen molar-refractivity contribution in [2.45, 2.75) is 0 Å². The maximum atomic E-state index is 13.3. The van der Waals surface area contributed by atoms with Crippen LogP contribution in [0, 0.1) is 15.9 Å². The first kappa shape index (κ1) is 14.0. The van der Waals surface area contributed by atoms with E-state index in [2.05, 4.69) is 31.9 Å². The molecule has 0 spiro atoms. The zero-order chi connectivity index (χ0) is 14.0. The first-order chi connectivity index (χ1) is 8.97. The molecular formula is C12H6Br2FNO3. The number of nitro groups is 1. The summed E-state index contributed by atoms with van der Waals surface area (Å²) in [6.45, 7) is 0. The van der Waals surface area contributed by atoms with Crippen LogP contribution in [-0.4, -0.2) is 4.92 Å². The van der Waals surface area contributed by atoms with Crippen LogP contribution in [0.4, 0.5) is 10.1 Å². The Hall–Kier alpha value is -1.47. The average molecular weight is 391 g/mol. The normalized spacial score (nSPS) is 10.3. The van der Waals surface area contributed by atoms with Crippen LogP contribution < -0.4 is 4.74 Å². The van der Waals surface area contributed by atoms with Crippen molar-refractivity contribution in [3.05, 3.63) is 61.3 Å². The number of halogens is 3. The molecule has 0 aromatic heterocycles. The summed E-state index contributed by atoms with van der Waals surface area (Å²) in [5.74, 6) is 0.220. The number of non-ortho nitro benzene ring substituents is 1. The molecule has 4 nitrogen and oxygen atoms in total. The topological polar surface area (TPSA) is 52.4 Å². The van der Waals surface area contributed by atoms with Gasteiger partial charge in [0.25, 0.3) is 5.69 Å². The van der Waals surface area contributed by atoms with Gasteiger partial charge in [-0.2, -0.15) is 0 Å². The summed E-state index contributed by atoms with van der Waals surface area (Å²) in [5.41, 5.74) is -0.0544. The second kappa shape index (κ2) is 5.66. The van der Waals surface area contributed by atoms with Crippen molar-refractivity contribution in [3.8, 4) is 11.5 Å². The summed E-state index contributed by atoms with van der Waals surface area (Å²) in [7, 11) is 0. The fourth-order valence-corrected chi connectivity index (χ4v) is 2.05. The lowest BCUT2D eigenvalue weighted by atomic mass is 10.3. The summed E-state index contributed by atoms with van der Waals surface area (Å²) in [4.78, 5) is 10.1. The van der Waals surface area contributed by atoms with Crippen LogP contribution in [-0.2, 0) is 0 Å². The third-order valence-electron chi connectivity index (χ3n) is 2.25. The molecule has 0 aliphatic rings. The van der Waals surface area contributed by atoms with Crippen LogP contribution in [0.3, 0.4) is 0 Å². The van der Waals surface area contributed by atoms with Gasteiger partial charge in [0, 0.05) is 18.2 Å².